The Bertz CT molecular complexity index is 1140. The second-order valence-electron chi connectivity index (χ2n) is 6.28. The highest BCUT2D eigenvalue weighted by Gasteiger charge is 2.13. The number of carbonyl (C=O) groups excluding carboxylic acids is 1. The zero-order chi connectivity index (χ0) is 20.8. The van der Waals surface area contributed by atoms with Gasteiger partial charge in [0.05, 0.1) is 0 Å². The third kappa shape index (κ3) is 4.71. The molecule has 0 aliphatic heterocycles. The Kier molecular flexibility index (Phi) is 5.82. The van der Waals surface area contributed by atoms with E-state index in [1.807, 2.05) is 60.7 Å². The van der Waals surface area contributed by atoms with Gasteiger partial charge in [0.15, 0.2) is 0 Å². The molecule has 0 saturated carbocycles. The minimum Gasteiger partial charge on any atom is -0.307 e. The number of anilines is 2. The van der Waals surface area contributed by atoms with Crippen molar-refractivity contribution in [3.05, 3.63) is 90.0 Å². The van der Waals surface area contributed by atoms with E-state index in [2.05, 4.69) is 31.3 Å². The van der Waals surface area contributed by atoms with Crippen LogP contribution < -0.4 is 16.2 Å². The van der Waals surface area contributed by atoms with Crippen molar-refractivity contribution in [3.63, 3.8) is 0 Å². The van der Waals surface area contributed by atoms with Crippen molar-refractivity contribution in [3.8, 4) is 22.5 Å². The minimum atomic E-state index is -0.477. The molecule has 3 N–H and O–H groups in total. The Balaban J connectivity index is 1.54. The number of hydrogen-bond donors (Lipinski definition) is 3. The Morgan fingerprint density at radius 2 is 1.33 bits per heavy atom. The number of rotatable bonds is 5. The summed E-state index contributed by atoms with van der Waals surface area (Å²) in [5.41, 5.74) is 8.88. The van der Waals surface area contributed by atoms with Crippen LogP contribution in [0.25, 0.3) is 22.5 Å². The molecular weight excluding hydrogens is 400 g/mol. The first-order valence-electron chi connectivity index (χ1n) is 9.13. The van der Waals surface area contributed by atoms with Crippen LogP contribution in [0.1, 0.15) is 0 Å². The zero-order valence-corrected chi connectivity index (χ0v) is 16.5. The molecule has 2 amide bonds. The molecule has 0 aliphatic rings. The number of halogens is 1. The van der Waals surface area contributed by atoms with Crippen LogP contribution in [0.15, 0.2) is 84.9 Å². The van der Waals surface area contributed by atoms with E-state index in [0.29, 0.717) is 22.1 Å². The zero-order valence-electron chi connectivity index (χ0n) is 15.7. The van der Waals surface area contributed by atoms with Gasteiger partial charge in [-0.15, -0.1) is 10.2 Å². The van der Waals surface area contributed by atoms with Crippen LogP contribution in [-0.2, 0) is 0 Å². The topological polar surface area (TPSA) is 91.8 Å². The van der Waals surface area contributed by atoms with Gasteiger partial charge in [0.2, 0.25) is 0 Å². The average molecular weight is 417 g/mol. The number of hydrogen-bond acceptors (Lipinski definition) is 5. The van der Waals surface area contributed by atoms with Crippen LogP contribution in [0.4, 0.5) is 16.4 Å². The average Bonchev–Trinajstić information content (AvgIpc) is 2.80. The lowest BCUT2D eigenvalue weighted by Gasteiger charge is -2.12. The van der Waals surface area contributed by atoms with E-state index < -0.39 is 6.03 Å². The van der Waals surface area contributed by atoms with Gasteiger partial charge < -0.3 is 5.32 Å². The summed E-state index contributed by atoms with van der Waals surface area (Å²) in [4.78, 5) is 16.7. The van der Waals surface area contributed by atoms with Crippen molar-refractivity contribution < 1.29 is 4.79 Å². The molecule has 0 aliphatic carbocycles. The van der Waals surface area contributed by atoms with E-state index in [9.17, 15) is 4.79 Å². The minimum absolute atomic E-state index is 0.166. The summed E-state index contributed by atoms with van der Waals surface area (Å²) < 4.78 is 0. The van der Waals surface area contributed by atoms with Crippen LogP contribution in [-0.4, -0.2) is 21.2 Å². The number of carbonyl (C=O) groups is 1. The molecular formula is C22H17ClN6O. The maximum Gasteiger partial charge on any atom is 0.337 e. The standard InChI is InChI=1S/C22H17ClN6O/c23-17-11-13-18(14-12-17)24-22(30)29-28-21-25-19(15-7-3-1-4-8-15)20(26-27-21)16-9-5-2-6-10-16/h1-14H,(H2,24,29,30)(H,25,27,28). The number of aromatic nitrogens is 3. The van der Waals surface area contributed by atoms with E-state index in [-0.39, 0.29) is 5.95 Å². The number of nitrogens with one attached hydrogen (secondary N) is 3. The maximum absolute atomic E-state index is 12.1. The van der Waals surface area contributed by atoms with Crippen LogP contribution in [0, 0.1) is 0 Å². The second-order valence-corrected chi connectivity index (χ2v) is 6.71. The number of benzene rings is 3. The monoisotopic (exact) mass is 416 g/mol. The van der Waals surface area contributed by atoms with Crippen molar-refractivity contribution in [1.29, 1.82) is 0 Å². The summed E-state index contributed by atoms with van der Waals surface area (Å²) in [6.07, 6.45) is 0. The predicted molar refractivity (Wildman–Crippen MR) is 118 cm³/mol. The number of amides is 2. The fourth-order valence-corrected chi connectivity index (χ4v) is 2.90. The van der Waals surface area contributed by atoms with Gasteiger partial charge in [-0.2, -0.15) is 0 Å². The second kappa shape index (κ2) is 9.02. The summed E-state index contributed by atoms with van der Waals surface area (Å²) in [7, 11) is 0. The number of urea groups is 1. The van der Waals surface area contributed by atoms with Crippen molar-refractivity contribution in [2.24, 2.45) is 0 Å². The molecule has 0 unspecified atom stereocenters. The summed E-state index contributed by atoms with van der Waals surface area (Å²) in [6, 6.07) is 25.7. The molecule has 4 aromatic rings. The summed E-state index contributed by atoms with van der Waals surface area (Å²) in [5, 5.41) is 11.7. The predicted octanol–water partition coefficient (Wildman–Crippen LogP) is 5.01. The van der Waals surface area contributed by atoms with Crippen molar-refractivity contribution in [1.82, 2.24) is 20.6 Å². The summed E-state index contributed by atoms with van der Waals surface area (Å²) >= 11 is 5.85. The molecule has 3 aromatic carbocycles. The van der Waals surface area contributed by atoms with Gasteiger partial charge in [-0.25, -0.2) is 15.2 Å². The highest BCUT2D eigenvalue weighted by Crippen LogP contribution is 2.28. The van der Waals surface area contributed by atoms with Crippen LogP contribution in [0.2, 0.25) is 5.02 Å². The lowest BCUT2D eigenvalue weighted by atomic mass is 10.0. The van der Waals surface area contributed by atoms with E-state index in [1.165, 1.54) is 0 Å². The molecule has 0 atom stereocenters. The van der Waals surface area contributed by atoms with Gasteiger partial charge in [0.1, 0.15) is 11.4 Å². The van der Waals surface area contributed by atoms with Gasteiger partial charge in [0, 0.05) is 21.8 Å². The molecule has 0 saturated heterocycles. The first-order valence-corrected chi connectivity index (χ1v) is 9.51. The first-order chi connectivity index (χ1) is 14.7. The van der Waals surface area contributed by atoms with Gasteiger partial charge >= 0.3 is 6.03 Å². The fourth-order valence-electron chi connectivity index (χ4n) is 2.77. The molecule has 0 spiro atoms. The maximum atomic E-state index is 12.1. The van der Waals surface area contributed by atoms with Crippen molar-refractivity contribution in [2.75, 3.05) is 10.7 Å². The Hall–Kier alpha value is -3.97. The van der Waals surface area contributed by atoms with E-state index >= 15 is 0 Å². The molecule has 148 valence electrons. The van der Waals surface area contributed by atoms with Crippen LogP contribution in [0.5, 0.6) is 0 Å². The first kappa shape index (κ1) is 19.4. The Labute approximate surface area is 178 Å². The van der Waals surface area contributed by atoms with Crippen LogP contribution in [0.3, 0.4) is 0 Å². The molecule has 0 radical (unpaired) electrons. The molecule has 8 heteroatoms. The third-order valence-electron chi connectivity index (χ3n) is 4.17. The van der Waals surface area contributed by atoms with Crippen molar-refractivity contribution >= 4 is 29.3 Å². The molecule has 0 bridgehead atoms. The van der Waals surface area contributed by atoms with Gasteiger partial charge in [-0.05, 0) is 24.3 Å². The molecule has 4 rings (SSSR count). The molecule has 30 heavy (non-hydrogen) atoms. The van der Waals surface area contributed by atoms with E-state index in [4.69, 9.17) is 11.6 Å². The van der Waals surface area contributed by atoms with Gasteiger partial charge in [0.25, 0.3) is 5.95 Å². The van der Waals surface area contributed by atoms with Crippen LogP contribution >= 0.6 is 11.6 Å². The highest BCUT2D eigenvalue weighted by molar-refractivity contribution is 6.30. The number of nitrogens with zero attached hydrogens (tertiary/aromatic N) is 3. The molecule has 7 nitrogen and oxygen atoms in total. The van der Waals surface area contributed by atoms with Gasteiger partial charge in [-0.3, -0.25) is 5.43 Å². The summed E-state index contributed by atoms with van der Waals surface area (Å²) in [6.45, 7) is 0. The van der Waals surface area contributed by atoms with E-state index in [1.54, 1.807) is 24.3 Å². The van der Waals surface area contributed by atoms with Crippen molar-refractivity contribution in [2.45, 2.75) is 0 Å². The molecule has 1 aromatic heterocycles. The largest absolute Gasteiger partial charge is 0.337 e. The van der Waals surface area contributed by atoms with E-state index in [0.717, 1.165) is 11.1 Å². The summed E-state index contributed by atoms with van der Waals surface area (Å²) in [5.74, 6) is 0.166. The lowest BCUT2D eigenvalue weighted by molar-refractivity contribution is 0.253. The highest BCUT2D eigenvalue weighted by atomic mass is 35.5. The Morgan fingerprint density at radius 1 is 0.733 bits per heavy atom. The molecule has 0 fully saturated rings. The quantitative estimate of drug-likeness (QED) is 0.398. The SMILES string of the molecule is O=C(NNc1nnc(-c2ccccc2)c(-c2ccccc2)n1)Nc1ccc(Cl)cc1. The smallest absolute Gasteiger partial charge is 0.307 e. The lowest BCUT2D eigenvalue weighted by Crippen LogP contribution is -2.34. The fraction of sp³-hybridized carbons (Fsp3) is 0. The third-order valence-corrected chi connectivity index (χ3v) is 4.42. The number of hydrazine groups is 1. The Morgan fingerprint density at radius 3 is 1.97 bits per heavy atom. The molecule has 1 heterocycles. The van der Waals surface area contributed by atoms with Gasteiger partial charge in [-0.1, -0.05) is 72.3 Å². The normalized spacial score (nSPS) is 10.3.